The van der Waals surface area contributed by atoms with Crippen LogP contribution in [0.5, 0.6) is 0 Å². The Kier molecular flexibility index (Phi) is 4.83. The topological polar surface area (TPSA) is 24.5 Å². The predicted octanol–water partition coefficient (Wildman–Crippen LogP) is 2.97. The van der Waals surface area contributed by atoms with E-state index in [1.54, 1.807) is 0 Å². The van der Waals surface area contributed by atoms with Crippen LogP contribution in [0.15, 0.2) is 24.3 Å². The number of nitrogens with one attached hydrogen (secondary N) is 1. The van der Waals surface area contributed by atoms with Crippen LogP contribution in [0.2, 0.25) is 0 Å². The highest BCUT2D eigenvalue weighted by atomic mass is 16.5. The predicted molar refractivity (Wildman–Crippen MR) is 80.8 cm³/mol. The van der Waals surface area contributed by atoms with Gasteiger partial charge in [0, 0.05) is 24.8 Å². The number of rotatable bonds is 4. The van der Waals surface area contributed by atoms with Crippen molar-refractivity contribution in [3.63, 3.8) is 0 Å². The zero-order chi connectivity index (χ0) is 13.8. The molecule has 3 nitrogen and oxygen atoms in total. The van der Waals surface area contributed by atoms with Gasteiger partial charge in [-0.3, -0.25) is 0 Å². The molecule has 0 bridgehead atoms. The number of ether oxygens (including phenoxy) is 1. The first-order valence-electron chi connectivity index (χ1n) is 7.31. The van der Waals surface area contributed by atoms with Crippen LogP contribution < -0.4 is 10.2 Å². The van der Waals surface area contributed by atoms with Gasteiger partial charge in [0.2, 0.25) is 0 Å². The van der Waals surface area contributed by atoms with E-state index in [0.717, 1.165) is 19.5 Å². The van der Waals surface area contributed by atoms with Crippen molar-refractivity contribution in [2.24, 2.45) is 0 Å². The van der Waals surface area contributed by atoms with Gasteiger partial charge in [0.05, 0.1) is 12.2 Å². The summed E-state index contributed by atoms with van der Waals surface area (Å²) in [5.74, 6) is 0. The molecular weight excluding hydrogens is 236 g/mol. The monoisotopic (exact) mass is 262 g/mol. The minimum Gasteiger partial charge on any atom is -0.372 e. The van der Waals surface area contributed by atoms with Crippen LogP contribution in [0.4, 0.5) is 5.69 Å². The fourth-order valence-electron chi connectivity index (χ4n) is 2.91. The molecule has 3 unspecified atom stereocenters. The van der Waals surface area contributed by atoms with Gasteiger partial charge in [0.25, 0.3) is 0 Å². The van der Waals surface area contributed by atoms with E-state index in [2.05, 4.69) is 55.3 Å². The summed E-state index contributed by atoms with van der Waals surface area (Å²) in [6.45, 7) is 8.45. The molecule has 3 heteroatoms. The Morgan fingerprint density at radius 2 is 1.79 bits per heavy atom. The highest BCUT2D eigenvalue weighted by molar-refractivity contribution is 5.48. The number of benzene rings is 1. The summed E-state index contributed by atoms with van der Waals surface area (Å²) in [4.78, 5) is 2.42. The van der Waals surface area contributed by atoms with Crippen molar-refractivity contribution in [2.75, 3.05) is 25.0 Å². The molecule has 1 aliphatic rings. The van der Waals surface area contributed by atoms with Crippen molar-refractivity contribution in [1.82, 2.24) is 5.32 Å². The summed E-state index contributed by atoms with van der Waals surface area (Å²) >= 11 is 0. The number of nitrogens with zero attached hydrogens (tertiary/aromatic N) is 1. The Hall–Kier alpha value is -1.06. The number of hydrogen-bond acceptors (Lipinski definition) is 3. The average Bonchev–Trinajstić information content (AvgIpc) is 2.40. The molecule has 1 N–H and O–H groups in total. The molecule has 1 aromatic rings. The molecule has 0 amide bonds. The summed E-state index contributed by atoms with van der Waals surface area (Å²) in [6.07, 6.45) is 1.73. The summed E-state index contributed by atoms with van der Waals surface area (Å²) < 4.78 is 5.78. The second-order valence-corrected chi connectivity index (χ2v) is 5.50. The molecule has 2 rings (SSSR count). The normalized spacial score (nSPS) is 25.4. The van der Waals surface area contributed by atoms with Gasteiger partial charge in [0.15, 0.2) is 0 Å². The summed E-state index contributed by atoms with van der Waals surface area (Å²) in [7, 11) is 2.02. The maximum absolute atomic E-state index is 5.78. The molecule has 1 aromatic carbocycles. The molecule has 3 atom stereocenters. The van der Waals surface area contributed by atoms with Crippen LogP contribution in [0.25, 0.3) is 0 Å². The van der Waals surface area contributed by atoms with E-state index in [0.29, 0.717) is 18.2 Å². The van der Waals surface area contributed by atoms with Crippen LogP contribution in [0.3, 0.4) is 0 Å². The van der Waals surface area contributed by atoms with E-state index < -0.39 is 0 Å². The Morgan fingerprint density at radius 1 is 1.21 bits per heavy atom. The smallest absolute Gasteiger partial charge is 0.0726 e. The zero-order valence-corrected chi connectivity index (χ0v) is 12.5. The van der Waals surface area contributed by atoms with Gasteiger partial charge in [-0.05, 0) is 45.0 Å². The fourth-order valence-corrected chi connectivity index (χ4v) is 2.91. The highest BCUT2D eigenvalue weighted by Gasteiger charge is 2.22. The molecule has 0 aromatic heterocycles. The third-order valence-electron chi connectivity index (χ3n) is 3.84. The van der Waals surface area contributed by atoms with Crippen molar-refractivity contribution in [2.45, 2.75) is 45.4 Å². The summed E-state index contributed by atoms with van der Waals surface area (Å²) in [5, 5.41) is 3.35. The SMILES string of the molecule is CCC(NC)c1ccc(N2CC(C)OC(C)C2)cc1. The van der Waals surface area contributed by atoms with Gasteiger partial charge >= 0.3 is 0 Å². The maximum atomic E-state index is 5.78. The maximum Gasteiger partial charge on any atom is 0.0726 e. The standard InChI is InChI=1S/C16H26N2O/c1-5-16(17-4)14-6-8-15(9-7-14)18-10-12(2)19-13(3)11-18/h6-9,12-13,16-17H,5,10-11H2,1-4H3. The van der Waals surface area contributed by atoms with E-state index in [-0.39, 0.29) is 0 Å². The molecule has 0 aliphatic carbocycles. The van der Waals surface area contributed by atoms with Gasteiger partial charge in [-0.1, -0.05) is 19.1 Å². The third-order valence-corrected chi connectivity index (χ3v) is 3.84. The summed E-state index contributed by atoms with van der Waals surface area (Å²) in [5.41, 5.74) is 2.67. The van der Waals surface area contributed by atoms with E-state index in [4.69, 9.17) is 4.74 Å². The lowest BCUT2D eigenvalue weighted by molar-refractivity contribution is -0.00521. The zero-order valence-electron chi connectivity index (χ0n) is 12.5. The number of hydrogen-bond donors (Lipinski definition) is 1. The minimum atomic E-state index is 0.309. The number of morpholine rings is 1. The molecule has 106 valence electrons. The molecule has 19 heavy (non-hydrogen) atoms. The molecule has 1 saturated heterocycles. The Morgan fingerprint density at radius 3 is 2.26 bits per heavy atom. The molecule has 0 saturated carbocycles. The molecular formula is C16H26N2O. The first-order valence-corrected chi connectivity index (χ1v) is 7.31. The van der Waals surface area contributed by atoms with Crippen molar-refractivity contribution in [1.29, 1.82) is 0 Å². The Labute approximate surface area is 116 Å². The van der Waals surface area contributed by atoms with Gasteiger partial charge in [0.1, 0.15) is 0 Å². The van der Waals surface area contributed by atoms with Crippen LogP contribution in [-0.2, 0) is 4.74 Å². The minimum absolute atomic E-state index is 0.309. The van der Waals surface area contributed by atoms with E-state index in [9.17, 15) is 0 Å². The first-order chi connectivity index (χ1) is 9.13. The Balaban J connectivity index is 2.09. The van der Waals surface area contributed by atoms with E-state index >= 15 is 0 Å². The molecule has 1 heterocycles. The second kappa shape index (κ2) is 6.40. The Bertz CT molecular complexity index is 376. The van der Waals surface area contributed by atoms with Crippen LogP contribution >= 0.6 is 0 Å². The van der Waals surface area contributed by atoms with Crippen molar-refractivity contribution in [3.8, 4) is 0 Å². The van der Waals surface area contributed by atoms with Crippen molar-refractivity contribution in [3.05, 3.63) is 29.8 Å². The lowest BCUT2D eigenvalue weighted by Crippen LogP contribution is -2.45. The van der Waals surface area contributed by atoms with Crippen LogP contribution in [-0.4, -0.2) is 32.3 Å². The van der Waals surface area contributed by atoms with Gasteiger partial charge in [-0.25, -0.2) is 0 Å². The van der Waals surface area contributed by atoms with E-state index in [1.807, 2.05) is 7.05 Å². The van der Waals surface area contributed by atoms with Crippen LogP contribution in [0, 0.1) is 0 Å². The van der Waals surface area contributed by atoms with Gasteiger partial charge in [-0.15, -0.1) is 0 Å². The van der Waals surface area contributed by atoms with E-state index in [1.165, 1.54) is 11.3 Å². The van der Waals surface area contributed by atoms with Crippen LogP contribution in [0.1, 0.15) is 38.8 Å². The largest absolute Gasteiger partial charge is 0.372 e. The van der Waals surface area contributed by atoms with Gasteiger partial charge < -0.3 is 15.0 Å². The first kappa shape index (κ1) is 14.4. The lowest BCUT2D eigenvalue weighted by Gasteiger charge is -2.37. The molecule has 1 aliphatic heterocycles. The number of anilines is 1. The fraction of sp³-hybridized carbons (Fsp3) is 0.625. The lowest BCUT2D eigenvalue weighted by atomic mass is 10.0. The molecule has 1 fully saturated rings. The second-order valence-electron chi connectivity index (χ2n) is 5.50. The van der Waals surface area contributed by atoms with Gasteiger partial charge in [-0.2, -0.15) is 0 Å². The third kappa shape index (κ3) is 3.48. The van der Waals surface area contributed by atoms with Crippen molar-refractivity contribution < 1.29 is 4.74 Å². The quantitative estimate of drug-likeness (QED) is 0.903. The molecule has 0 radical (unpaired) electrons. The highest BCUT2D eigenvalue weighted by Crippen LogP contribution is 2.23. The van der Waals surface area contributed by atoms with Crippen molar-refractivity contribution >= 4 is 5.69 Å². The average molecular weight is 262 g/mol. The molecule has 0 spiro atoms. The summed E-state index contributed by atoms with van der Waals surface area (Å²) in [6, 6.07) is 9.41.